The Morgan fingerprint density at radius 3 is 2.97 bits per heavy atom. The zero-order valence-corrected chi connectivity index (χ0v) is 20.6. The number of nitrogens with one attached hydrogen (secondary N) is 2. The minimum absolute atomic E-state index is 0. The Hall–Kier alpha value is -2.49. The number of hydrogen-bond acceptors (Lipinski definition) is 4. The number of rotatable bonds is 7. The van der Waals surface area contributed by atoms with Gasteiger partial charge in [0.1, 0.15) is 23.3 Å². The van der Waals surface area contributed by atoms with Crippen molar-refractivity contribution >= 4 is 35.6 Å². The second kappa shape index (κ2) is 10.7. The third-order valence-electron chi connectivity index (χ3n) is 5.14. The molecule has 0 bridgehead atoms. The van der Waals surface area contributed by atoms with Crippen LogP contribution in [-0.4, -0.2) is 41.6 Å². The SMILES string of the molecule is CCOc1cc2c(cc1CNC(=NC)NCCc1cn3ccccc3n1)OC(C)C2.I. The summed E-state index contributed by atoms with van der Waals surface area (Å²) >= 11 is 0. The predicted molar refractivity (Wildman–Crippen MR) is 134 cm³/mol. The molecule has 8 heteroatoms. The van der Waals surface area contributed by atoms with Gasteiger partial charge in [0.2, 0.25) is 0 Å². The molecule has 1 unspecified atom stereocenters. The number of benzene rings is 1. The summed E-state index contributed by atoms with van der Waals surface area (Å²) in [4.78, 5) is 8.97. The summed E-state index contributed by atoms with van der Waals surface area (Å²) in [6.07, 6.45) is 6.03. The minimum Gasteiger partial charge on any atom is -0.494 e. The monoisotopic (exact) mass is 535 g/mol. The lowest BCUT2D eigenvalue weighted by atomic mass is 10.1. The summed E-state index contributed by atoms with van der Waals surface area (Å²) in [6.45, 7) is 6.08. The molecule has 0 spiro atoms. The van der Waals surface area contributed by atoms with Crippen LogP contribution in [0.5, 0.6) is 11.5 Å². The molecule has 0 saturated heterocycles. The third kappa shape index (κ3) is 5.61. The molecule has 3 aromatic rings. The van der Waals surface area contributed by atoms with Gasteiger partial charge in [0.25, 0.3) is 0 Å². The van der Waals surface area contributed by atoms with E-state index in [0.29, 0.717) is 13.2 Å². The van der Waals surface area contributed by atoms with Crippen LogP contribution in [0.2, 0.25) is 0 Å². The van der Waals surface area contributed by atoms with Gasteiger partial charge in [-0.2, -0.15) is 0 Å². The lowest BCUT2D eigenvalue weighted by molar-refractivity contribution is 0.254. The van der Waals surface area contributed by atoms with Crippen LogP contribution < -0.4 is 20.1 Å². The summed E-state index contributed by atoms with van der Waals surface area (Å²) in [5, 5.41) is 6.74. The average molecular weight is 535 g/mol. The van der Waals surface area contributed by atoms with Gasteiger partial charge in [0.15, 0.2) is 5.96 Å². The smallest absolute Gasteiger partial charge is 0.191 e. The first-order valence-electron chi connectivity index (χ1n) is 10.5. The number of hydrogen-bond donors (Lipinski definition) is 2. The van der Waals surface area contributed by atoms with Crippen LogP contribution in [0.1, 0.15) is 30.7 Å². The number of fused-ring (bicyclic) bond motifs is 2. The Morgan fingerprint density at radius 2 is 2.19 bits per heavy atom. The molecule has 1 aliphatic heterocycles. The normalized spacial score (nSPS) is 15.2. The van der Waals surface area contributed by atoms with Gasteiger partial charge in [-0.05, 0) is 38.1 Å². The maximum absolute atomic E-state index is 5.91. The molecule has 0 saturated carbocycles. The summed E-state index contributed by atoms with van der Waals surface area (Å²) in [6, 6.07) is 10.2. The van der Waals surface area contributed by atoms with Gasteiger partial charge >= 0.3 is 0 Å². The van der Waals surface area contributed by atoms with Crippen molar-refractivity contribution < 1.29 is 9.47 Å². The molecule has 0 aliphatic carbocycles. The van der Waals surface area contributed by atoms with E-state index in [-0.39, 0.29) is 30.1 Å². The summed E-state index contributed by atoms with van der Waals surface area (Å²) in [5.74, 6) is 2.61. The highest BCUT2D eigenvalue weighted by molar-refractivity contribution is 14.0. The van der Waals surface area contributed by atoms with Crippen LogP contribution in [-0.2, 0) is 19.4 Å². The first-order valence-corrected chi connectivity index (χ1v) is 10.5. The van der Waals surface area contributed by atoms with Gasteiger partial charge in [-0.1, -0.05) is 6.07 Å². The van der Waals surface area contributed by atoms with E-state index >= 15 is 0 Å². The number of aromatic nitrogens is 2. The molecular weight excluding hydrogens is 505 g/mol. The van der Waals surface area contributed by atoms with Crippen molar-refractivity contribution in [2.75, 3.05) is 20.2 Å². The van der Waals surface area contributed by atoms with Crippen molar-refractivity contribution in [2.45, 2.75) is 39.3 Å². The molecule has 7 nitrogen and oxygen atoms in total. The van der Waals surface area contributed by atoms with Crippen molar-refractivity contribution in [3.05, 3.63) is 59.5 Å². The van der Waals surface area contributed by atoms with E-state index in [0.717, 1.165) is 53.7 Å². The van der Waals surface area contributed by atoms with Gasteiger partial charge in [-0.3, -0.25) is 4.99 Å². The standard InChI is InChI=1S/C23H29N5O2.HI/c1-4-29-20-12-17-11-16(2)30-21(17)13-18(20)14-26-23(24-3)25-9-8-19-15-28-10-6-5-7-22(28)27-19;/h5-7,10,12-13,15-16H,4,8-9,11,14H2,1-3H3,(H2,24,25,26);1H. The maximum Gasteiger partial charge on any atom is 0.191 e. The Labute approximate surface area is 200 Å². The molecule has 3 heterocycles. The van der Waals surface area contributed by atoms with E-state index in [1.54, 1.807) is 7.05 Å². The third-order valence-corrected chi connectivity index (χ3v) is 5.14. The summed E-state index contributed by atoms with van der Waals surface area (Å²) < 4.78 is 13.8. The zero-order valence-electron chi connectivity index (χ0n) is 18.2. The Bertz CT molecular complexity index is 1020. The minimum atomic E-state index is 0. The molecule has 4 rings (SSSR count). The summed E-state index contributed by atoms with van der Waals surface area (Å²) in [7, 11) is 1.77. The molecule has 1 aliphatic rings. The lowest BCUT2D eigenvalue weighted by Crippen LogP contribution is -2.38. The molecule has 2 aromatic heterocycles. The quantitative estimate of drug-likeness (QED) is 0.275. The van der Waals surface area contributed by atoms with Gasteiger partial charge in [-0.25, -0.2) is 4.98 Å². The van der Waals surface area contributed by atoms with Crippen molar-refractivity contribution in [2.24, 2.45) is 4.99 Å². The van der Waals surface area contributed by atoms with E-state index < -0.39 is 0 Å². The fraction of sp³-hybridized carbons (Fsp3) is 0.391. The van der Waals surface area contributed by atoms with Gasteiger partial charge in [-0.15, -0.1) is 24.0 Å². The van der Waals surface area contributed by atoms with Crippen LogP contribution >= 0.6 is 24.0 Å². The van der Waals surface area contributed by atoms with Crippen LogP contribution in [0, 0.1) is 0 Å². The molecule has 1 atom stereocenters. The number of imidazole rings is 1. The highest BCUT2D eigenvalue weighted by Gasteiger charge is 2.21. The largest absolute Gasteiger partial charge is 0.494 e. The number of guanidine groups is 1. The number of halogens is 1. The topological polar surface area (TPSA) is 72.2 Å². The Kier molecular flexibility index (Phi) is 8.00. The summed E-state index contributed by atoms with van der Waals surface area (Å²) in [5.41, 5.74) is 4.29. The van der Waals surface area contributed by atoms with Crippen LogP contribution in [0.4, 0.5) is 0 Å². The highest BCUT2D eigenvalue weighted by Crippen LogP contribution is 2.35. The second-order valence-corrected chi connectivity index (χ2v) is 7.43. The molecule has 0 radical (unpaired) electrons. The first kappa shape index (κ1) is 23.2. The van der Waals surface area contributed by atoms with Crippen LogP contribution in [0.25, 0.3) is 5.65 Å². The molecule has 0 amide bonds. The lowest BCUT2D eigenvalue weighted by Gasteiger charge is -2.15. The molecular formula is C23H30IN5O2. The second-order valence-electron chi connectivity index (χ2n) is 7.43. The van der Waals surface area contributed by atoms with Crippen molar-refractivity contribution in [3.63, 3.8) is 0 Å². The van der Waals surface area contributed by atoms with E-state index in [4.69, 9.17) is 9.47 Å². The molecule has 1 aromatic carbocycles. The van der Waals surface area contributed by atoms with Crippen LogP contribution in [0.3, 0.4) is 0 Å². The van der Waals surface area contributed by atoms with Crippen LogP contribution in [0.15, 0.2) is 47.7 Å². The van der Waals surface area contributed by atoms with Gasteiger partial charge < -0.3 is 24.5 Å². The zero-order chi connectivity index (χ0) is 20.9. The molecule has 2 N–H and O–H groups in total. The highest BCUT2D eigenvalue weighted by atomic mass is 127. The van der Waals surface area contributed by atoms with Gasteiger partial charge in [0, 0.05) is 56.5 Å². The first-order chi connectivity index (χ1) is 14.7. The van der Waals surface area contributed by atoms with E-state index in [9.17, 15) is 0 Å². The maximum atomic E-state index is 5.91. The molecule has 31 heavy (non-hydrogen) atoms. The van der Waals surface area contributed by atoms with E-state index in [1.165, 1.54) is 5.56 Å². The molecule has 166 valence electrons. The van der Waals surface area contributed by atoms with Crippen molar-refractivity contribution in [1.82, 2.24) is 20.0 Å². The molecule has 0 fully saturated rings. The number of ether oxygens (including phenoxy) is 2. The average Bonchev–Trinajstić information content (AvgIpc) is 3.32. The fourth-order valence-corrected chi connectivity index (χ4v) is 3.73. The van der Waals surface area contributed by atoms with Crippen molar-refractivity contribution in [1.29, 1.82) is 0 Å². The fourth-order valence-electron chi connectivity index (χ4n) is 3.73. The van der Waals surface area contributed by atoms with E-state index in [2.05, 4.69) is 45.9 Å². The Balaban J connectivity index is 0.00000272. The van der Waals surface area contributed by atoms with Gasteiger partial charge in [0.05, 0.1) is 12.3 Å². The van der Waals surface area contributed by atoms with E-state index in [1.807, 2.05) is 35.7 Å². The predicted octanol–water partition coefficient (Wildman–Crippen LogP) is 3.58. The van der Waals surface area contributed by atoms with Crippen molar-refractivity contribution in [3.8, 4) is 11.5 Å². The Morgan fingerprint density at radius 1 is 1.32 bits per heavy atom. The number of nitrogens with zero attached hydrogens (tertiary/aromatic N) is 3. The number of pyridine rings is 1. The number of aliphatic imine (C=N–C) groups is 1.